The van der Waals surface area contributed by atoms with E-state index in [9.17, 15) is 4.79 Å². The average molecular weight is 398 g/mol. The molecule has 3 heterocycles. The normalized spacial score (nSPS) is 22.6. The summed E-state index contributed by atoms with van der Waals surface area (Å²) in [6.07, 6.45) is 2.58. The Balaban J connectivity index is 1.51. The summed E-state index contributed by atoms with van der Waals surface area (Å²) in [7, 11) is 0. The van der Waals surface area contributed by atoms with E-state index in [0.29, 0.717) is 13.0 Å². The van der Waals surface area contributed by atoms with Crippen LogP contribution >= 0.6 is 0 Å². The molecular weight excluding hydrogens is 376 g/mol. The van der Waals surface area contributed by atoms with Crippen molar-refractivity contribution in [3.63, 3.8) is 0 Å². The standard InChI is InChI=1S/C23H22N6O/c1-14-21(23(30)29-26-14)17-11-20(18-13-24-19-10-6-5-9-16(18)19)27-28-22(17)25-12-15-7-3-2-4-8-15/h2-10,13,17,21,24H,11-12H2,1H3,(H,25,28)(H,29,30). The van der Waals surface area contributed by atoms with Crippen molar-refractivity contribution in [1.82, 2.24) is 15.8 Å². The highest BCUT2D eigenvalue weighted by atomic mass is 16.2. The predicted molar refractivity (Wildman–Crippen MR) is 118 cm³/mol. The SMILES string of the molecule is CC1=NNC(=O)C1C1CC(c2c[nH]c3ccccc23)=NNC1=NCc1ccccc1. The van der Waals surface area contributed by atoms with Crippen LogP contribution in [0.4, 0.5) is 0 Å². The molecule has 2 aliphatic heterocycles. The summed E-state index contributed by atoms with van der Waals surface area (Å²) < 4.78 is 0. The van der Waals surface area contributed by atoms with E-state index < -0.39 is 0 Å². The van der Waals surface area contributed by atoms with E-state index in [1.807, 2.05) is 61.7 Å². The lowest BCUT2D eigenvalue weighted by Gasteiger charge is -2.28. The first-order chi connectivity index (χ1) is 14.7. The van der Waals surface area contributed by atoms with Gasteiger partial charge in [-0.2, -0.15) is 10.2 Å². The molecule has 0 saturated heterocycles. The minimum atomic E-state index is -0.359. The second kappa shape index (κ2) is 7.59. The van der Waals surface area contributed by atoms with Crippen LogP contribution in [-0.4, -0.2) is 28.2 Å². The first kappa shape index (κ1) is 18.3. The van der Waals surface area contributed by atoms with E-state index in [0.717, 1.165) is 39.3 Å². The van der Waals surface area contributed by atoms with Crippen molar-refractivity contribution < 1.29 is 4.79 Å². The summed E-state index contributed by atoms with van der Waals surface area (Å²) in [5.41, 5.74) is 10.7. The Hall–Kier alpha value is -3.74. The number of hydrogen-bond donors (Lipinski definition) is 3. The average Bonchev–Trinajstić information content (AvgIpc) is 3.36. The van der Waals surface area contributed by atoms with E-state index in [-0.39, 0.29) is 17.7 Å². The van der Waals surface area contributed by atoms with Crippen LogP contribution in [0.1, 0.15) is 24.5 Å². The maximum absolute atomic E-state index is 12.6. The van der Waals surface area contributed by atoms with Gasteiger partial charge in [-0.05, 0) is 18.6 Å². The lowest BCUT2D eigenvalue weighted by Crippen LogP contribution is -2.43. The number of fused-ring (bicyclic) bond motifs is 1. The monoisotopic (exact) mass is 398 g/mol. The number of aliphatic imine (C=N–C) groups is 1. The molecule has 0 bridgehead atoms. The van der Waals surface area contributed by atoms with Crippen LogP contribution in [0.2, 0.25) is 0 Å². The topological polar surface area (TPSA) is 94.0 Å². The number of rotatable bonds is 4. The second-order valence-corrected chi connectivity index (χ2v) is 7.62. The van der Waals surface area contributed by atoms with Gasteiger partial charge in [0.25, 0.3) is 0 Å². The van der Waals surface area contributed by atoms with Gasteiger partial charge in [-0.1, -0.05) is 48.5 Å². The number of nitrogens with zero attached hydrogens (tertiary/aromatic N) is 3. The fourth-order valence-electron chi connectivity index (χ4n) is 4.17. The third-order valence-corrected chi connectivity index (χ3v) is 5.72. The minimum Gasteiger partial charge on any atom is -0.360 e. The predicted octanol–water partition coefficient (Wildman–Crippen LogP) is 3.20. The Morgan fingerprint density at radius 1 is 1.03 bits per heavy atom. The molecular formula is C23H22N6O. The van der Waals surface area contributed by atoms with Crippen LogP contribution in [0.25, 0.3) is 10.9 Å². The Kier molecular flexibility index (Phi) is 4.63. The number of amidine groups is 1. The molecule has 3 aromatic rings. The van der Waals surface area contributed by atoms with E-state index in [4.69, 9.17) is 4.99 Å². The van der Waals surface area contributed by atoms with Crippen LogP contribution in [-0.2, 0) is 11.3 Å². The van der Waals surface area contributed by atoms with Crippen LogP contribution in [0, 0.1) is 11.8 Å². The smallest absolute Gasteiger partial charge is 0.249 e. The van der Waals surface area contributed by atoms with Crippen molar-refractivity contribution in [3.05, 3.63) is 71.9 Å². The molecule has 0 fully saturated rings. The number of nitrogens with one attached hydrogen (secondary N) is 3. The lowest BCUT2D eigenvalue weighted by atomic mass is 9.82. The van der Waals surface area contributed by atoms with Gasteiger partial charge in [-0.3, -0.25) is 15.2 Å². The number of amides is 1. The lowest BCUT2D eigenvalue weighted by molar-refractivity contribution is -0.122. The Morgan fingerprint density at radius 3 is 2.63 bits per heavy atom. The van der Waals surface area contributed by atoms with Gasteiger partial charge in [0.2, 0.25) is 5.91 Å². The van der Waals surface area contributed by atoms with E-state index >= 15 is 0 Å². The zero-order chi connectivity index (χ0) is 20.5. The summed E-state index contributed by atoms with van der Waals surface area (Å²) in [6, 6.07) is 18.2. The van der Waals surface area contributed by atoms with Crippen molar-refractivity contribution in [1.29, 1.82) is 0 Å². The van der Waals surface area contributed by atoms with Crippen LogP contribution in [0.3, 0.4) is 0 Å². The molecule has 30 heavy (non-hydrogen) atoms. The Bertz CT molecular complexity index is 1190. The maximum atomic E-state index is 12.6. The third-order valence-electron chi connectivity index (χ3n) is 5.72. The molecule has 150 valence electrons. The van der Waals surface area contributed by atoms with E-state index in [1.165, 1.54) is 0 Å². The molecule has 0 radical (unpaired) electrons. The highest BCUT2D eigenvalue weighted by molar-refractivity contribution is 6.16. The highest BCUT2D eigenvalue weighted by Gasteiger charge is 2.40. The number of para-hydroxylation sites is 1. The van der Waals surface area contributed by atoms with Crippen LogP contribution < -0.4 is 10.9 Å². The van der Waals surface area contributed by atoms with Crippen molar-refractivity contribution >= 4 is 34.1 Å². The van der Waals surface area contributed by atoms with Crippen LogP contribution in [0.5, 0.6) is 0 Å². The fraction of sp³-hybridized carbons (Fsp3) is 0.217. The van der Waals surface area contributed by atoms with Crippen molar-refractivity contribution in [2.45, 2.75) is 19.9 Å². The zero-order valence-electron chi connectivity index (χ0n) is 16.6. The van der Waals surface area contributed by atoms with Crippen molar-refractivity contribution in [3.8, 4) is 0 Å². The number of aromatic amines is 1. The van der Waals surface area contributed by atoms with Gasteiger partial charge in [0.05, 0.1) is 18.2 Å². The molecule has 7 heteroatoms. The number of hydrazone groups is 2. The number of benzene rings is 2. The first-order valence-corrected chi connectivity index (χ1v) is 10.0. The minimum absolute atomic E-state index is 0.0908. The summed E-state index contributed by atoms with van der Waals surface area (Å²) in [5.74, 6) is 0.120. The number of carbonyl (C=O) groups excluding carboxylic acids is 1. The number of hydrogen-bond acceptors (Lipinski definition) is 4. The molecule has 0 saturated carbocycles. The van der Waals surface area contributed by atoms with Gasteiger partial charge in [-0.15, -0.1) is 0 Å². The molecule has 2 aliphatic rings. The van der Waals surface area contributed by atoms with Gasteiger partial charge in [-0.25, -0.2) is 5.43 Å². The summed E-state index contributed by atoms with van der Waals surface area (Å²) >= 11 is 0. The first-order valence-electron chi connectivity index (χ1n) is 10.0. The molecule has 2 unspecified atom stereocenters. The van der Waals surface area contributed by atoms with Gasteiger partial charge >= 0.3 is 0 Å². The summed E-state index contributed by atoms with van der Waals surface area (Å²) in [4.78, 5) is 20.6. The third kappa shape index (κ3) is 3.28. The Labute approximate surface area is 174 Å². The molecule has 1 aromatic heterocycles. The molecule has 0 spiro atoms. The number of aromatic nitrogens is 1. The van der Waals surface area contributed by atoms with E-state index in [1.54, 1.807) is 0 Å². The molecule has 7 nitrogen and oxygen atoms in total. The summed E-state index contributed by atoms with van der Waals surface area (Å²) in [6.45, 7) is 2.41. The molecule has 5 rings (SSSR count). The van der Waals surface area contributed by atoms with Crippen molar-refractivity contribution in [2.24, 2.45) is 27.0 Å². The molecule has 1 amide bonds. The number of H-pyrrole nitrogens is 1. The second-order valence-electron chi connectivity index (χ2n) is 7.62. The van der Waals surface area contributed by atoms with Gasteiger partial charge < -0.3 is 4.98 Å². The van der Waals surface area contributed by atoms with Gasteiger partial charge in [0.1, 0.15) is 5.84 Å². The molecule has 0 aliphatic carbocycles. The quantitative estimate of drug-likeness (QED) is 0.629. The Morgan fingerprint density at radius 2 is 1.83 bits per heavy atom. The van der Waals surface area contributed by atoms with Gasteiger partial charge in [0.15, 0.2) is 0 Å². The van der Waals surface area contributed by atoms with Gasteiger partial charge in [0, 0.05) is 40.7 Å². The van der Waals surface area contributed by atoms with Crippen molar-refractivity contribution in [2.75, 3.05) is 0 Å². The maximum Gasteiger partial charge on any atom is 0.249 e. The van der Waals surface area contributed by atoms with Crippen LogP contribution in [0.15, 0.2) is 76.0 Å². The summed E-state index contributed by atoms with van der Waals surface area (Å²) in [5, 5.41) is 9.90. The molecule has 2 aromatic carbocycles. The largest absolute Gasteiger partial charge is 0.360 e. The number of carbonyl (C=O) groups is 1. The fourth-order valence-corrected chi connectivity index (χ4v) is 4.17. The van der Waals surface area contributed by atoms with E-state index in [2.05, 4.69) is 32.1 Å². The molecule has 3 N–H and O–H groups in total. The molecule has 2 atom stereocenters. The highest BCUT2D eigenvalue weighted by Crippen LogP contribution is 2.29. The zero-order valence-corrected chi connectivity index (χ0v) is 16.6.